The normalized spacial score (nSPS) is 16.0. The molecule has 0 fully saturated rings. The molecule has 0 bridgehead atoms. The Morgan fingerprint density at radius 3 is 2.75 bits per heavy atom. The van der Waals surface area contributed by atoms with E-state index in [0.29, 0.717) is 13.2 Å². The predicted octanol–water partition coefficient (Wildman–Crippen LogP) is 1.80. The van der Waals surface area contributed by atoms with Gasteiger partial charge in [0.1, 0.15) is 13.2 Å². The second-order valence-corrected chi connectivity index (χ2v) is 3.75. The minimum atomic E-state index is -0.931. The number of ether oxygens (including phenoxy) is 2. The molecule has 2 rings (SSSR count). The quantitative estimate of drug-likeness (QED) is 0.841. The smallest absolute Gasteiger partial charge is 0.168 e. The first-order valence-electron chi connectivity index (χ1n) is 5.12. The molecule has 1 atom stereocenters. The zero-order chi connectivity index (χ0) is 11.7. The summed E-state index contributed by atoms with van der Waals surface area (Å²) in [5, 5.41) is 0. The summed E-state index contributed by atoms with van der Waals surface area (Å²) in [6.07, 6.45) is 0. The van der Waals surface area contributed by atoms with E-state index in [0.717, 1.165) is 6.07 Å². The lowest BCUT2D eigenvalue weighted by Gasteiger charge is -2.23. The maximum Gasteiger partial charge on any atom is 0.168 e. The molecule has 0 aliphatic carbocycles. The largest absolute Gasteiger partial charge is 0.486 e. The van der Waals surface area contributed by atoms with Crippen molar-refractivity contribution in [2.45, 2.75) is 12.8 Å². The summed E-state index contributed by atoms with van der Waals surface area (Å²) >= 11 is 0. The molecule has 2 N–H and O–H groups in total. The van der Waals surface area contributed by atoms with Crippen molar-refractivity contribution in [2.75, 3.05) is 19.8 Å². The first-order chi connectivity index (χ1) is 7.65. The fourth-order valence-corrected chi connectivity index (χ4v) is 1.71. The average molecular weight is 229 g/mol. The molecule has 0 amide bonds. The van der Waals surface area contributed by atoms with Gasteiger partial charge in [-0.15, -0.1) is 0 Å². The van der Waals surface area contributed by atoms with E-state index in [1.54, 1.807) is 6.92 Å². The Labute approximate surface area is 92.1 Å². The standard InChI is InChI=1S/C11H13F2NO2/c1-6(5-14)9-10(13)7(12)4-8-11(9)16-3-2-15-8/h4,6H,2-3,5,14H2,1H3. The Kier molecular flexibility index (Phi) is 2.96. The minimum Gasteiger partial charge on any atom is -0.486 e. The van der Waals surface area contributed by atoms with Crippen molar-refractivity contribution in [1.29, 1.82) is 0 Å². The van der Waals surface area contributed by atoms with E-state index < -0.39 is 11.6 Å². The molecule has 1 aromatic carbocycles. The third kappa shape index (κ3) is 1.71. The Balaban J connectivity index is 2.59. The maximum atomic E-state index is 13.7. The van der Waals surface area contributed by atoms with Gasteiger partial charge in [0.25, 0.3) is 0 Å². The summed E-state index contributed by atoms with van der Waals surface area (Å²) in [6.45, 7) is 2.61. The zero-order valence-electron chi connectivity index (χ0n) is 8.93. The molecule has 1 aromatic rings. The van der Waals surface area contributed by atoms with Crippen molar-refractivity contribution in [3.05, 3.63) is 23.3 Å². The van der Waals surface area contributed by atoms with Gasteiger partial charge in [0, 0.05) is 17.5 Å². The van der Waals surface area contributed by atoms with Gasteiger partial charge in [-0.05, 0) is 6.54 Å². The lowest BCUT2D eigenvalue weighted by Crippen LogP contribution is -2.20. The Hall–Kier alpha value is -1.36. The predicted molar refractivity (Wildman–Crippen MR) is 54.8 cm³/mol. The van der Waals surface area contributed by atoms with Crippen LogP contribution in [-0.4, -0.2) is 19.8 Å². The first-order valence-corrected chi connectivity index (χ1v) is 5.12. The monoisotopic (exact) mass is 229 g/mol. The molecule has 88 valence electrons. The van der Waals surface area contributed by atoms with Crippen LogP contribution in [0.15, 0.2) is 6.07 Å². The molecular formula is C11H13F2NO2. The third-order valence-corrected chi connectivity index (χ3v) is 2.61. The van der Waals surface area contributed by atoms with Crippen molar-refractivity contribution in [1.82, 2.24) is 0 Å². The number of hydrogen-bond acceptors (Lipinski definition) is 3. The van der Waals surface area contributed by atoms with Crippen LogP contribution >= 0.6 is 0 Å². The number of rotatable bonds is 2. The van der Waals surface area contributed by atoms with Crippen molar-refractivity contribution < 1.29 is 18.3 Å². The number of hydrogen-bond donors (Lipinski definition) is 1. The summed E-state index contributed by atoms with van der Waals surface area (Å²) in [5.74, 6) is -1.61. The van der Waals surface area contributed by atoms with Crippen LogP contribution in [0.3, 0.4) is 0 Å². The lowest BCUT2D eigenvalue weighted by atomic mass is 9.98. The summed E-state index contributed by atoms with van der Waals surface area (Å²) in [6, 6.07) is 1.01. The van der Waals surface area contributed by atoms with Gasteiger partial charge in [0.05, 0.1) is 0 Å². The highest BCUT2D eigenvalue weighted by molar-refractivity contribution is 5.50. The first kappa shape index (κ1) is 11.1. The molecule has 0 saturated heterocycles. The molecule has 3 nitrogen and oxygen atoms in total. The average Bonchev–Trinajstić information content (AvgIpc) is 2.30. The van der Waals surface area contributed by atoms with Crippen molar-refractivity contribution in [3.63, 3.8) is 0 Å². The highest BCUT2D eigenvalue weighted by Gasteiger charge is 2.26. The highest BCUT2D eigenvalue weighted by atomic mass is 19.2. The molecule has 1 aliphatic heterocycles. The van der Waals surface area contributed by atoms with Crippen molar-refractivity contribution in [2.24, 2.45) is 5.73 Å². The number of benzene rings is 1. The van der Waals surface area contributed by atoms with Crippen LogP contribution in [0.2, 0.25) is 0 Å². The van der Waals surface area contributed by atoms with Crippen LogP contribution in [-0.2, 0) is 0 Å². The summed E-state index contributed by atoms with van der Waals surface area (Å²) in [7, 11) is 0. The number of nitrogens with two attached hydrogens (primary N) is 1. The van der Waals surface area contributed by atoms with Gasteiger partial charge in [-0.1, -0.05) is 6.92 Å². The van der Waals surface area contributed by atoms with Gasteiger partial charge in [-0.25, -0.2) is 8.78 Å². The van der Waals surface area contributed by atoms with Crippen molar-refractivity contribution >= 4 is 0 Å². The molecule has 0 spiro atoms. The van der Waals surface area contributed by atoms with E-state index in [-0.39, 0.29) is 29.5 Å². The van der Waals surface area contributed by atoms with Gasteiger partial charge in [-0.3, -0.25) is 0 Å². The second-order valence-electron chi connectivity index (χ2n) is 3.75. The van der Waals surface area contributed by atoms with E-state index in [9.17, 15) is 8.78 Å². The van der Waals surface area contributed by atoms with Crippen LogP contribution in [0.5, 0.6) is 11.5 Å². The Bertz CT molecular complexity index is 409. The maximum absolute atomic E-state index is 13.7. The van der Waals surface area contributed by atoms with E-state index in [1.165, 1.54) is 0 Å². The molecule has 0 radical (unpaired) electrons. The van der Waals surface area contributed by atoms with Crippen molar-refractivity contribution in [3.8, 4) is 11.5 Å². The Morgan fingerprint density at radius 1 is 1.38 bits per heavy atom. The van der Waals surface area contributed by atoms with Gasteiger partial charge >= 0.3 is 0 Å². The van der Waals surface area contributed by atoms with Gasteiger partial charge in [0.15, 0.2) is 23.1 Å². The minimum absolute atomic E-state index is 0.164. The van der Waals surface area contributed by atoms with Crippen LogP contribution in [0, 0.1) is 11.6 Å². The molecule has 1 aliphatic rings. The molecule has 5 heteroatoms. The zero-order valence-corrected chi connectivity index (χ0v) is 8.93. The summed E-state index contributed by atoms with van der Waals surface area (Å²) < 4.78 is 37.5. The van der Waals surface area contributed by atoms with Gasteiger partial charge in [0.2, 0.25) is 0 Å². The lowest BCUT2D eigenvalue weighted by molar-refractivity contribution is 0.166. The Morgan fingerprint density at radius 2 is 2.06 bits per heavy atom. The molecule has 1 heterocycles. The van der Waals surface area contributed by atoms with E-state index >= 15 is 0 Å². The fourth-order valence-electron chi connectivity index (χ4n) is 1.71. The van der Waals surface area contributed by atoms with Crippen LogP contribution in [0.1, 0.15) is 18.4 Å². The topological polar surface area (TPSA) is 44.5 Å². The molecular weight excluding hydrogens is 216 g/mol. The van der Waals surface area contributed by atoms with Crippen LogP contribution in [0.25, 0.3) is 0 Å². The van der Waals surface area contributed by atoms with Gasteiger partial charge in [-0.2, -0.15) is 0 Å². The number of fused-ring (bicyclic) bond motifs is 1. The number of halogens is 2. The molecule has 0 saturated carbocycles. The van der Waals surface area contributed by atoms with E-state index in [2.05, 4.69) is 0 Å². The molecule has 0 aromatic heterocycles. The van der Waals surface area contributed by atoms with Gasteiger partial charge < -0.3 is 15.2 Å². The fraction of sp³-hybridized carbons (Fsp3) is 0.455. The molecule has 1 unspecified atom stereocenters. The summed E-state index contributed by atoms with van der Waals surface area (Å²) in [5.41, 5.74) is 5.63. The SMILES string of the molecule is CC(CN)c1c(F)c(F)cc2c1OCCO2. The third-order valence-electron chi connectivity index (χ3n) is 2.61. The van der Waals surface area contributed by atoms with E-state index in [1.807, 2.05) is 0 Å². The summed E-state index contributed by atoms with van der Waals surface area (Å²) in [4.78, 5) is 0. The highest BCUT2D eigenvalue weighted by Crippen LogP contribution is 2.40. The molecule has 16 heavy (non-hydrogen) atoms. The van der Waals surface area contributed by atoms with Crippen LogP contribution < -0.4 is 15.2 Å². The second kappa shape index (κ2) is 4.25. The van der Waals surface area contributed by atoms with Crippen LogP contribution in [0.4, 0.5) is 8.78 Å². The van der Waals surface area contributed by atoms with E-state index in [4.69, 9.17) is 15.2 Å².